The number of carbonyl (C=O) groups excluding carboxylic acids is 1. The van der Waals surface area contributed by atoms with E-state index in [0.29, 0.717) is 5.69 Å². The molecule has 0 atom stereocenters. The van der Waals surface area contributed by atoms with Crippen molar-refractivity contribution in [2.75, 3.05) is 0 Å². The summed E-state index contributed by atoms with van der Waals surface area (Å²) in [6.45, 7) is 6.62. The van der Waals surface area contributed by atoms with Crippen LogP contribution in [0.25, 0.3) is 16.2 Å². The fourth-order valence-corrected chi connectivity index (χ4v) is 3.10. The highest BCUT2D eigenvalue weighted by Gasteiger charge is 2.14. The van der Waals surface area contributed by atoms with Gasteiger partial charge < -0.3 is 0 Å². The Morgan fingerprint density at radius 3 is 2.50 bits per heavy atom. The van der Waals surface area contributed by atoms with Crippen LogP contribution in [0.15, 0.2) is 35.8 Å². The SMILES string of the molecule is CC(C)(C)c1ccc(-c2csc3nc(C=O)cn23)cc1. The smallest absolute Gasteiger partial charge is 0.194 e. The van der Waals surface area contributed by atoms with Gasteiger partial charge in [-0.15, -0.1) is 11.3 Å². The number of aldehydes is 1. The molecule has 0 saturated carbocycles. The molecule has 20 heavy (non-hydrogen) atoms. The first-order valence-electron chi connectivity index (χ1n) is 6.52. The van der Waals surface area contributed by atoms with Crippen molar-refractivity contribution in [2.24, 2.45) is 0 Å². The first-order chi connectivity index (χ1) is 9.49. The second kappa shape index (κ2) is 4.56. The third-order valence-electron chi connectivity index (χ3n) is 3.40. The number of imidazole rings is 1. The number of hydrogen-bond donors (Lipinski definition) is 0. The fraction of sp³-hybridized carbons (Fsp3) is 0.250. The molecule has 3 rings (SSSR count). The van der Waals surface area contributed by atoms with Gasteiger partial charge in [-0.2, -0.15) is 0 Å². The number of hydrogen-bond acceptors (Lipinski definition) is 3. The summed E-state index contributed by atoms with van der Waals surface area (Å²) >= 11 is 1.55. The van der Waals surface area contributed by atoms with Crippen molar-refractivity contribution in [1.82, 2.24) is 9.38 Å². The molecule has 102 valence electrons. The van der Waals surface area contributed by atoms with E-state index in [1.54, 1.807) is 17.5 Å². The number of benzene rings is 1. The average molecular weight is 284 g/mol. The maximum absolute atomic E-state index is 10.8. The van der Waals surface area contributed by atoms with Gasteiger partial charge in [-0.3, -0.25) is 9.20 Å². The van der Waals surface area contributed by atoms with E-state index in [1.165, 1.54) is 5.56 Å². The van der Waals surface area contributed by atoms with Gasteiger partial charge in [0, 0.05) is 11.6 Å². The number of fused-ring (bicyclic) bond motifs is 1. The van der Waals surface area contributed by atoms with Crippen LogP contribution in [0.1, 0.15) is 36.8 Å². The van der Waals surface area contributed by atoms with Gasteiger partial charge in [-0.05, 0) is 16.5 Å². The molecular weight excluding hydrogens is 268 g/mol. The molecule has 0 N–H and O–H groups in total. The van der Waals surface area contributed by atoms with E-state index in [0.717, 1.165) is 22.5 Å². The Balaban J connectivity index is 2.06. The van der Waals surface area contributed by atoms with Gasteiger partial charge in [0.1, 0.15) is 5.69 Å². The van der Waals surface area contributed by atoms with Crippen LogP contribution in [0.2, 0.25) is 0 Å². The maximum atomic E-state index is 10.8. The van der Waals surface area contributed by atoms with E-state index in [9.17, 15) is 4.79 Å². The molecule has 3 aromatic rings. The average Bonchev–Trinajstić information content (AvgIpc) is 2.97. The molecule has 0 amide bonds. The maximum Gasteiger partial charge on any atom is 0.194 e. The lowest BCUT2D eigenvalue weighted by atomic mass is 9.86. The quantitative estimate of drug-likeness (QED) is 0.662. The molecule has 0 bridgehead atoms. The minimum Gasteiger partial charge on any atom is -0.296 e. The third kappa shape index (κ3) is 2.16. The van der Waals surface area contributed by atoms with Gasteiger partial charge in [-0.1, -0.05) is 45.0 Å². The predicted octanol–water partition coefficient (Wildman–Crippen LogP) is 4.17. The Morgan fingerprint density at radius 1 is 1.20 bits per heavy atom. The molecule has 0 aliphatic heterocycles. The zero-order chi connectivity index (χ0) is 14.3. The van der Waals surface area contributed by atoms with Crippen LogP contribution in [0.4, 0.5) is 0 Å². The Hall–Kier alpha value is -1.94. The van der Waals surface area contributed by atoms with E-state index >= 15 is 0 Å². The molecule has 0 aliphatic carbocycles. The van der Waals surface area contributed by atoms with E-state index in [4.69, 9.17) is 0 Å². The minimum absolute atomic E-state index is 0.155. The zero-order valence-corrected chi connectivity index (χ0v) is 12.6. The Bertz CT molecular complexity index is 760. The van der Waals surface area contributed by atoms with Crippen LogP contribution in [0.5, 0.6) is 0 Å². The van der Waals surface area contributed by atoms with Crippen molar-refractivity contribution in [3.8, 4) is 11.3 Å². The van der Waals surface area contributed by atoms with Crippen LogP contribution in [-0.4, -0.2) is 15.7 Å². The van der Waals surface area contributed by atoms with Gasteiger partial charge in [0.2, 0.25) is 0 Å². The van der Waals surface area contributed by atoms with Gasteiger partial charge >= 0.3 is 0 Å². The number of rotatable bonds is 2. The summed E-state index contributed by atoms with van der Waals surface area (Å²) in [4.78, 5) is 15.9. The summed E-state index contributed by atoms with van der Waals surface area (Å²) in [6.07, 6.45) is 2.57. The number of thiazole rings is 1. The van der Waals surface area contributed by atoms with Crippen molar-refractivity contribution in [2.45, 2.75) is 26.2 Å². The monoisotopic (exact) mass is 284 g/mol. The normalized spacial score (nSPS) is 11.9. The number of aromatic nitrogens is 2. The Morgan fingerprint density at radius 2 is 1.90 bits per heavy atom. The highest BCUT2D eigenvalue weighted by Crippen LogP contribution is 2.29. The molecule has 4 heteroatoms. The van der Waals surface area contributed by atoms with Crippen LogP contribution in [-0.2, 0) is 5.41 Å². The minimum atomic E-state index is 0.155. The Labute approximate surface area is 121 Å². The van der Waals surface area contributed by atoms with Crippen molar-refractivity contribution >= 4 is 22.6 Å². The predicted molar refractivity (Wildman–Crippen MR) is 82.6 cm³/mol. The molecule has 2 heterocycles. The molecule has 0 radical (unpaired) electrons. The fourth-order valence-electron chi connectivity index (χ4n) is 2.21. The second-order valence-electron chi connectivity index (χ2n) is 5.88. The van der Waals surface area contributed by atoms with Crippen molar-refractivity contribution in [3.63, 3.8) is 0 Å². The van der Waals surface area contributed by atoms with Crippen LogP contribution in [0, 0.1) is 0 Å². The third-order valence-corrected chi connectivity index (χ3v) is 4.24. The topological polar surface area (TPSA) is 34.4 Å². The van der Waals surface area contributed by atoms with Crippen molar-refractivity contribution in [1.29, 1.82) is 0 Å². The molecule has 0 unspecified atom stereocenters. The first-order valence-corrected chi connectivity index (χ1v) is 7.40. The molecule has 2 aromatic heterocycles. The standard InChI is InChI=1S/C16H16N2OS/c1-16(2,3)12-6-4-11(5-7-12)14-10-20-15-17-13(9-19)8-18(14)15/h4-10H,1-3H3. The summed E-state index contributed by atoms with van der Waals surface area (Å²) < 4.78 is 1.97. The summed E-state index contributed by atoms with van der Waals surface area (Å²) in [6, 6.07) is 8.58. The summed E-state index contributed by atoms with van der Waals surface area (Å²) in [5.41, 5.74) is 4.16. The zero-order valence-electron chi connectivity index (χ0n) is 11.8. The molecule has 3 nitrogen and oxygen atoms in total. The van der Waals surface area contributed by atoms with Crippen molar-refractivity contribution < 1.29 is 4.79 Å². The highest BCUT2D eigenvalue weighted by molar-refractivity contribution is 7.15. The second-order valence-corrected chi connectivity index (χ2v) is 6.72. The molecule has 1 aromatic carbocycles. The van der Waals surface area contributed by atoms with Crippen molar-refractivity contribution in [3.05, 3.63) is 47.1 Å². The van der Waals surface area contributed by atoms with E-state index < -0.39 is 0 Å². The molecule has 0 aliphatic rings. The van der Waals surface area contributed by atoms with Crippen LogP contribution in [0.3, 0.4) is 0 Å². The van der Waals surface area contributed by atoms with Crippen LogP contribution < -0.4 is 0 Å². The van der Waals surface area contributed by atoms with Crippen LogP contribution >= 0.6 is 11.3 Å². The number of carbonyl (C=O) groups is 1. The van der Waals surface area contributed by atoms with E-state index in [1.807, 2.05) is 4.40 Å². The van der Waals surface area contributed by atoms with Gasteiger partial charge in [-0.25, -0.2) is 4.98 Å². The molecule has 0 saturated heterocycles. The van der Waals surface area contributed by atoms with E-state index in [2.05, 4.69) is 55.4 Å². The number of nitrogens with zero attached hydrogens (tertiary/aromatic N) is 2. The largest absolute Gasteiger partial charge is 0.296 e. The van der Waals surface area contributed by atoms with Gasteiger partial charge in [0.25, 0.3) is 0 Å². The van der Waals surface area contributed by atoms with Gasteiger partial charge in [0.15, 0.2) is 11.2 Å². The highest BCUT2D eigenvalue weighted by atomic mass is 32.1. The molecule has 0 spiro atoms. The summed E-state index contributed by atoms with van der Waals surface area (Å²) in [7, 11) is 0. The lowest BCUT2D eigenvalue weighted by Gasteiger charge is -2.19. The lowest BCUT2D eigenvalue weighted by Crippen LogP contribution is -2.10. The summed E-state index contributed by atoms with van der Waals surface area (Å²) in [5, 5.41) is 2.07. The lowest BCUT2D eigenvalue weighted by molar-refractivity contribution is 0.111. The molecular formula is C16H16N2OS. The summed E-state index contributed by atoms with van der Waals surface area (Å²) in [5.74, 6) is 0. The van der Waals surface area contributed by atoms with Gasteiger partial charge in [0.05, 0.1) is 5.69 Å². The van der Waals surface area contributed by atoms with E-state index in [-0.39, 0.29) is 5.41 Å². The molecule has 0 fully saturated rings. The Kier molecular flexibility index (Phi) is 2.98. The first kappa shape index (κ1) is 13.1.